The molecule has 5 heteroatoms. The van der Waals surface area contributed by atoms with Gasteiger partial charge in [0.05, 0.1) is 20.1 Å². The molecular formula is C13H17Cl4N. The van der Waals surface area contributed by atoms with Crippen molar-refractivity contribution in [2.45, 2.75) is 45.1 Å². The monoisotopic (exact) mass is 327 g/mol. The average molecular weight is 329 g/mol. The third kappa shape index (κ3) is 4.47. The summed E-state index contributed by atoms with van der Waals surface area (Å²) in [6, 6.07) is 1.81. The third-order valence-electron chi connectivity index (χ3n) is 2.86. The Morgan fingerprint density at radius 2 is 1.61 bits per heavy atom. The van der Waals surface area contributed by atoms with Gasteiger partial charge in [0.2, 0.25) is 0 Å². The molecule has 102 valence electrons. The average Bonchev–Trinajstić information content (AvgIpc) is 2.31. The van der Waals surface area contributed by atoms with Crippen molar-refractivity contribution in [3.63, 3.8) is 0 Å². The summed E-state index contributed by atoms with van der Waals surface area (Å²) in [6.07, 6.45) is 4.76. The van der Waals surface area contributed by atoms with E-state index in [1.165, 1.54) is 0 Å². The fraction of sp³-hybridized carbons (Fsp3) is 0.538. The highest BCUT2D eigenvalue weighted by Crippen LogP contribution is 2.37. The zero-order valence-corrected chi connectivity index (χ0v) is 13.3. The van der Waals surface area contributed by atoms with Crippen LogP contribution in [0.15, 0.2) is 6.07 Å². The van der Waals surface area contributed by atoms with Gasteiger partial charge < -0.3 is 5.73 Å². The zero-order chi connectivity index (χ0) is 13.7. The maximum absolute atomic E-state index is 6.14. The molecule has 18 heavy (non-hydrogen) atoms. The molecule has 0 spiro atoms. The summed E-state index contributed by atoms with van der Waals surface area (Å²) < 4.78 is 0. The first-order chi connectivity index (χ1) is 8.47. The summed E-state index contributed by atoms with van der Waals surface area (Å²) in [5.41, 5.74) is 6.79. The van der Waals surface area contributed by atoms with Gasteiger partial charge in [-0.3, -0.25) is 0 Å². The molecule has 0 fully saturated rings. The third-order valence-corrected chi connectivity index (χ3v) is 4.52. The number of rotatable bonds is 6. The molecule has 0 saturated heterocycles. The standard InChI is InChI=1S/C13H17Cl4N/c1-2-4-8(18)5-3-6-9-12(16)10(14)7-11(15)13(9)17/h7-8H,2-6,18H2,1H3. The normalized spacial score (nSPS) is 12.8. The van der Waals surface area contributed by atoms with Crippen molar-refractivity contribution >= 4 is 46.4 Å². The number of benzene rings is 1. The summed E-state index contributed by atoms with van der Waals surface area (Å²) in [4.78, 5) is 0. The molecule has 1 unspecified atom stereocenters. The molecule has 0 aliphatic rings. The summed E-state index contributed by atoms with van der Waals surface area (Å²) in [5, 5.41) is 1.88. The van der Waals surface area contributed by atoms with Crippen LogP contribution in [0.4, 0.5) is 0 Å². The first-order valence-electron chi connectivity index (χ1n) is 6.04. The van der Waals surface area contributed by atoms with Crippen LogP contribution in [0.25, 0.3) is 0 Å². The first kappa shape index (κ1) is 16.4. The van der Waals surface area contributed by atoms with Gasteiger partial charge in [-0.1, -0.05) is 59.7 Å². The smallest absolute Gasteiger partial charge is 0.0640 e. The number of hydrogen-bond acceptors (Lipinski definition) is 1. The maximum atomic E-state index is 6.14. The van der Waals surface area contributed by atoms with Crippen LogP contribution in [0.2, 0.25) is 20.1 Å². The highest BCUT2D eigenvalue weighted by atomic mass is 35.5. The van der Waals surface area contributed by atoms with Gasteiger partial charge in [-0.15, -0.1) is 0 Å². The lowest BCUT2D eigenvalue weighted by Crippen LogP contribution is -2.19. The molecule has 0 amide bonds. The van der Waals surface area contributed by atoms with E-state index < -0.39 is 0 Å². The van der Waals surface area contributed by atoms with Crippen molar-refractivity contribution in [2.24, 2.45) is 5.73 Å². The minimum atomic E-state index is 0.238. The van der Waals surface area contributed by atoms with Crippen molar-refractivity contribution in [3.05, 3.63) is 31.7 Å². The van der Waals surface area contributed by atoms with Gasteiger partial charge in [0.1, 0.15) is 0 Å². The molecule has 0 aliphatic heterocycles. The van der Waals surface area contributed by atoms with E-state index in [0.717, 1.165) is 37.7 Å². The van der Waals surface area contributed by atoms with E-state index >= 15 is 0 Å². The van der Waals surface area contributed by atoms with Gasteiger partial charge in [0.15, 0.2) is 0 Å². The highest BCUT2D eigenvalue weighted by Gasteiger charge is 2.14. The fourth-order valence-corrected chi connectivity index (χ4v) is 2.94. The van der Waals surface area contributed by atoms with Crippen LogP contribution in [0.5, 0.6) is 0 Å². The molecule has 0 aliphatic carbocycles. The first-order valence-corrected chi connectivity index (χ1v) is 7.56. The van der Waals surface area contributed by atoms with Crippen molar-refractivity contribution in [1.29, 1.82) is 0 Å². The minimum Gasteiger partial charge on any atom is -0.328 e. The van der Waals surface area contributed by atoms with E-state index in [4.69, 9.17) is 52.1 Å². The Hall–Kier alpha value is 0.340. The van der Waals surface area contributed by atoms with E-state index in [1.807, 2.05) is 0 Å². The van der Waals surface area contributed by atoms with Gasteiger partial charge in [0.25, 0.3) is 0 Å². The Bertz CT molecular complexity index is 380. The van der Waals surface area contributed by atoms with Crippen LogP contribution in [-0.2, 0) is 6.42 Å². The predicted molar refractivity (Wildman–Crippen MR) is 82.3 cm³/mol. The Kier molecular flexibility index (Phi) is 7.12. The molecule has 0 aromatic heterocycles. The van der Waals surface area contributed by atoms with Gasteiger partial charge in [-0.25, -0.2) is 0 Å². The van der Waals surface area contributed by atoms with Crippen molar-refractivity contribution in [3.8, 4) is 0 Å². The van der Waals surface area contributed by atoms with Crippen LogP contribution in [0, 0.1) is 0 Å². The van der Waals surface area contributed by atoms with E-state index in [9.17, 15) is 0 Å². The fourth-order valence-electron chi connectivity index (χ4n) is 1.90. The maximum Gasteiger partial charge on any atom is 0.0640 e. The quantitative estimate of drug-likeness (QED) is 0.661. The van der Waals surface area contributed by atoms with Gasteiger partial charge in [-0.05, 0) is 37.3 Å². The zero-order valence-electron chi connectivity index (χ0n) is 10.3. The van der Waals surface area contributed by atoms with E-state index in [0.29, 0.717) is 20.1 Å². The Morgan fingerprint density at radius 3 is 2.11 bits per heavy atom. The summed E-state index contributed by atoms with van der Waals surface area (Å²) >= 11 is 24.2. The second kappa shape index (κ2) is 7.81. The molecule has 0 bridgehead atoms. The van der Waals surface area contributed by atoms with E-state index in [2.05, 4.69) is 6.92 Å². The molecule has 1 nitrogen and oxygen atoms in total. The van der Waals surface area contributed by atoms with Crippen LogP contribution in [0.3, 0.4) is 0 Å². The van der Waals surface area contributed by atoms with Crippen molar-refractivity contribution < 1.29 is 0 Å². The predicted octanol–water partition coefficient (Wildman–Crippen LogP) is 5.75. The summed E-state index contributed by atoms with van der Waals surface area (Å²) in [6.45, 7) is 2.13. The molecule has 1 aromatic carbocycles. The lowest BCUT2D eigenvalue weighted by atomic mass is 10.0. The lowest BCUT2D eigenvalue weighted by Gasteiger charge is -2.12. The molecule has 1 aromatic rings. The topological polar surface area (TPSA) is 26.0 Å². The molecular weight excluding hydrogens is 312 g/mol. The van der Waals surface area contributed by atoms with Crippen molar-refractivity contribution in [1.82, 2.24) is 0 Å². The minimum absolute atomic E-state index is 0.238. The highest BCUT2D eigenvalue weighted by molar-refractivity contribution is 6.48. The van der Waals surface area contributed by atoms with Gasteiger partial charge >= 0.3 is 0 Å². The second-order valence-electron chi connectivity index (χ2n) is 4.39. The van der Waals surface area contributed by atoms with Crippen LogP contribution in [0.1, 0.15) is 38.2 Å². The number of halogens is 4. The van der Waals surface area contributed by atoms with Crippen LogP contribution >= 0.6 is 46.4 Å². The van der Waals surface area contributed by atoms with Gasteiger partial charge in [0, 0.05) is 6.04 Å². The molecule has 0 heterocycles. The molecule has 1 rings (SSSR count). The number of nitrogens with two attached hydrogens (primary N) is 1. The SMILES string of the molecule is CCCC(N)CCCc1c(Cl)c(Cl)cc(Cl)c1Cl. The van der Waals surface area contributed by atoms with E-state index in [-0.39, 0.29) is 6.04 Å². The molecule has 2 N–H and O–H groups in total. The summed E-state index contributed by atoms with van der Waals surface area (Å²) in [5.74, 6) is 0. The van der Waals surface area contributed by atoms with Crippen LogP contribution in [-0.4, -0.2) is 6.04 Å². The lowest BCUT2D eigenvalue weighted by molar-refractivity contribution is 0.539. The Morgan fingerprint density at radius 1 is 1.06 bits per heavy atom. The molecule has 0 radical (unpaired) electrons. The van der Waals surface area contributed by atoms with E-state index in [1.54, 1.807) is 6.07 Å². The van der Waals surface area contributed by atoms with Gasteiger partial charge in [-0.2, -0.15) is 0 Å². The largest absolute Gasteiger partial charge is 0.328 e. The molecule has 0 saturated carbocycles. The Balaban J connectivity index is 2.67. The van der Waals surface area contributed by atoms with Crippen molar-refractivity contribution in [2.75, 3.05) is 0 Å². The summed E-state index contributed by atoms with van der Waals surface area (Å²) in [7, 11) is 0. The Labute approximate surface area is 129 Å². The number of hydrogen-bond donors (Lipinski definition) is 1. The second-order valence-corrected chi connectivity index (χ2v) is 5.96. The molecule has 1 atom stereocenters. The van der Waals surface area contributed by atoms with Crippen LogP contribution < -0.4 is 5.73 Å².